The molecule has 2 unspecified atom stereocenters. The van der Waals surface area contributed by atoms with Crippen molar-refractivity contribution in [3.05, 3.63) is 165 Å². The van der Waals surface area contributed by atoms with E-state index < -0.39 is 32.3 Å². The van der Waals surface area contributed by atoms with Crippen molar-refractivity contribution in [3.8, 4) is 33.4 Å². The van der Waals surface area contributed by atoms with Gasteiger partial charge in [-0.2, -0.15) is 23.5 Å². The molecule has 430 valence electrons. The molecule has 23 heteroatoms. The van der Waals surface area contributed by atoms with E-state index in [1.54, 1.807) is 85.5 Å². The quantitative estimate of drug-likeness (QED) is 0.102. The molecule has 0 spiro atoms. The van der Waals surface area contributed by atoms with Gasteiger partial charge in [0, 0.05) is 101 Å². The lowest BCUT2D eigenvalue weighted by atomic mass is 9.90. The van der Waals surface area contributed by atoms with Crippen molar-refractivity contribution in [2.75, 3.05) is 23.0 Å². The molecule has 0 bridgehead atoms. The molecule has 9 aromatic heterocycles. The van der Waals surface area contributed by atoms with E-state index in [-0.39, 0.29) is 15.7 Å². The van der Waals surface area contributed by atoms with Crippen molar-refractivity contribution >= 4 is 99.3 Å². The summed E-state index contributed by atoms with van der Waals surface area (Å²) in [6.07, 6.45) is 12.9. The molecule has 2 atom stereocenters. The maximum Gasteiger partial charge on any atom is 0.269 e. The van der Waals surface area contributed by atoms with Crippen LogP contribution in [0.4, 0.5) is 0 Å². The number of benzene rings is 2. The first kappa shape index (κ1) is 58.2. The van der Waals surface area contributed by atoms with E-state index in [0.29, 0.717) is 39.7 Å². The van der Waals surface area contributed by atoms with Crippen LogP contribution in [0.25, 0.3) is 66.5 Å². The lowest BCUT2D eigenvalue weighted by Gasteiger charge is -2.26. The number of nitrogens with zero attached hydrogens (tertiary/aromatic N) is 8. The molecular formula is C60H60IN9O9S4. The first-order valence-corrected chi connectivity index (χ1v) is 33.3. The van der Waals surface area contributed by atoms with Gasteiger partial charge >= 0.3 is 0 Å². The lowest BCUT2D eigenvalue weighted by molar-refractivity contribution is 0.104. The summed E-state index contributed by atoms with van der Waals surface area (Å²) in [5.74, 6) is 6.80. The number of aliphatic hydroxyl groups is 2. The van der Waals surface area contributed by atoms with Gasteiger partial charge in [-0.3, -0.25) is 0 Å². The third-order valence-electron chi connectivity index (χ3n) is 15.4. The van der Waals surface area contributed by atoms with Crippen LogP contribution in [-0.2, 0) is 20.0 Å². The smallest absolute Gasteiger partial charge is 0.269 e. The highest BCUT2D eigenvalue weighted by atomic mass is 127. The summed E-state index contributed by atoms with van der Waals surface area (Å²) in [6, 6.07) is 22.5. The first-order valence-electron chi connectivity index (χ1n) is 27.0. The first-order chi connectivity index (χ1) is 39.9. The van der Waals surface area contributed by atoms with Crippen LogP contribution >= 0.6 is 46.1 Å². The van der Waals surface area contributed by atoms with Crippen LogP contribution in [0, 0.1) is 56.9 Å². The molecule has 11 aromatic rings. The highest BCUT2D eigenvalue weighted by Crippen LogP contribution is 2.41. The number of nitrogens with one attached hydrogen (secondary N) is 1. The molecule has 2 aromatic carbocycles. The summed E-state index contributed by atoms with van der Waals surface area (Å²) < 4.78 is 72.0. The maximum absolute atomic E-state index is 13.5. The van der Waals surface area contributed by atoms with Crippen molar-refractivity contribution < 1.29 is 40.6 Å². The Morgan fingerprint density at radius 1 is 0.554 bits per heavy atom. The predicted molar refractivity (Wildman–Crippen MR) is 331 cm³/mol. The Morgan fingerprint density at radius 2 is 0.952 bits per heavy atom. The number of rotatable bonds is 11. The van der Waals surface area contributed by atoms with Crippen molar-refractivity contribution in [1.82, 2.24) is 43.4 Å². The highest BCUT2D eigenvalue weighted by Gasteiger charge is 2.31. The topological polar surface area (TPSA) is 251 Å². The Balaban J connectivity index is 0.000000132. The van der Waals surface area contributed by atoms with Crippen molar-refractivity contribution in [1.29, 1.82) is 0 Å². The minimum atomic E-state index is -3.88. The van der Waals surface area contributed by atoms with E-state index in [2.05, 4.69) is 64.1 Å². The SMILES string of the molecule is Cc1noc(C)c1-c1cnc2[nH]cc(C(O)C3CCSCC3)c2c1.Cc1noc(C)c1-c1cnc2c(c1)c(C(O)C1CCSCC1)cn2S(=O)(=O)c1ccccc1.Cc1noc(C)c1-c1cnc2c(c1)c(I)cn2S(=O)(=O)c1ccccc1. The largest absolute Gasteiger partial charge is 0.388 e. The number of thioether (sulfide) groups is 2. The second-order valence-corrected chi connectivity index (χ2v) is 28.0. The van der Waals surface area contributed by atoms with Gasteiger partial charge < -0.3 is 28.8 Å². The average molecular weight is 1310 g/mol. The normalized spacial score (nSPS) is 15.3. The van der Waals surface area contributed by atoms with E-state index in [1.165, 1.54) is 7.94 Å². The Morgan fingerprint density at radius 3 is 1.40 bits per heavy atom. The van der Waals surface area contributed by atoms with Gasteiger partial charge in [0.25, 0.3) is 20.0 Å². The number of H-pyrrole nitrogens is 1. The number of fused-ring (bicyclic) bond motifs is 3. The number of aromatic nitrogens is 9. The van der Waals surface area contributed by atoms with Gasteiger partial charge in [-0.15, -0.1) is 0 Å². The molecule has 0 radical (unpaired) electrons. The molecule has 18 nitrogen and oxygen atoms in total. The van der Waals surface area contributed by atoms with Gasteiger partial charge in [-0.05, 0) is 167 Å². The Labute approximate surface area is 502 Å². The van der Waals surface area contributed by atoms with Gasteiger partial charge in [-0.25, -0.2) is 39.7 Å². The van der Waals surface area contributed by atoms with Crippen LogP contribution in [0.15, 0.2) is 139 Å². The summed E-state index contributed by atoms with van der Waals surface area (Å²) >= 11 is 5.98. The van der Waals surface area contributed by atoms with E-state index in [0.717, 1.165) is 130 Å². The van der Waals surface area contributed by atoms with E-state index in [4.69, 9.17) is 13.6 Å². The fourth-order valence-corrected chi connectivity index (χ4v) is 16.9. The van der Waals surface area contributed by atoms with Crippen LogP contribution in [-0.4, -0.2) is 93.4 Å². The molecule has 2 fully saturated rings. The number of aromatic amines is 1. The summed E-state index contributed by atoms with van der Waals surface area (Å²) in [4.78, 5) is 17.1. The second kappa shape index (κ2) is 24.2. The number of hydrogen-bond acceptors (Lipinski definition) is 17. The summed E-state index contributed by atoms with van der Waals surface area (Å²) in [6.45, 7) is 11.2. The number of aryl methyl sites for hydroxylation is 6. The molecule has 83 heavy (non-hydrogen) atoms. The number of aliphatic hydroxyl groups excluding tert-OH is 2. The van der Waals surface area contributed by atoms with Crippen LogP contribution in [0.3, 0.4) is 0 Å². The van der Waals surface area contributed by atoms with Gasteiger partial charge in [0.05, 0.1) is 39.1 Å². The zero-order valence-corrected chi connectivity index (χ0v) is 51.7. The standard InChI is InChI=1S/C24H25N3O4S2.C18H14IN3O3S.C18H21N3O2S/c1-15-22(16(2)31-26-15)18-12-20-21(23(28)17-8-10-32-11-9-17)14-27(24(20)25-13-18)33(29,30)19-6-4-3-5-7-19;1-11-17(12(2)25-21-11)13-8-15-16(19)10-22(18(15)20-9-13)26(23,24)14-6-4-3-5-7-14;1-10-16(11(2)23-21-10)13-7-14-15(9-20-18(14)19-8-13)17(22)12-3-5-24-6-4-12/h3-7,12-14,17,23,28H,8-11H2,1-2H3;3-10H,1-2H3;7-9,12,17,22H,3-6H2,1-2H3,(H,19,20). The monoisotopic (exact) mass is 1310 g/mol. The van der Waals surface area contributed by atoms with Crippen molar-refractivity contribution in [3.63, 3.8) is 0 Å². The number of hydrogen-bond donors (Lipinski definition) is 3. The molecular weight excluding hydrogens is 1250 g/mol. The molecule has 0 aliphatic carbocycles. The third-order valence-corrected chi connectivity index (χ3v) is 21.7. The van der Waals surface area contributed by atoms with Crippen molar-refractivity contribution in [2.24, 2.45) is 11.8 Å². The van der Waals surface area contributed by atoms with Crippen LogP contribution in [0.5, 0.6) is 0 Å². The number of pyridine rings is 3. The van der Waals surface area contributed by atoms with Gasteiger partial charge in [0.1, 0.15) is 22.9 Å². The lowest BCUT2D eigenvalue weighted by Crippen LogP contribution is -2.18. The summed E-state index contributed by atoms with van der Waals surface area (Å²) in [5.41, 5.74) is 10.7. The van der Waals surface area contributed by atoms with E-state index in [9.17, 15) is 27.0 Å². The fourth-order valence-electron chi connectivity index (χ4n) is 11.1. The van der Waals surface area contributed by atoms with Crippen molar-refractivity contribution in [2.45, 2.75) is 89.2 Å². The van der Waals surface area contributed by atoms with Gasteiger partial charge in [0.2, 0.25) is 0 Å². The average Bonchev–Trinajstić information content (AvgIpc) is 3.96. The van der Waals surface area contributed by atoms with E-state index >= 15 is 0 Å². The third kappa shape index (κ3) is 11.4. The highest BCUT2D eigenvalue weighted by molar-refractivity contribution is 14.1. The molecule has 2 saturated heterocycles. The Kier molecular flexibility index (Phi) is 16.9. The van der Waals surface area contributed by atoms with Gasteiger partial charge in [0.15, 0.2) is 11.3 Å². The predicted octanol–water partition coefficient (Wildman–Crippen LogP) is 12.9. The molecule has 2 aliphatic rings. The summed E-state index contributed by atoms with van der Waals surface area (Å²) in [7, 11) is -7.59. The summed E-state index contributed by atoms with van der Waals surface area (Å²) in [5, 5.41) is 36.6. The minimum absolute atomic E-state index is 0.0763. The van der Waals surface area contributed by atoms with Crippen LogP contribution in [0.1, 0.15) is 83.4 Å². The maximum atomic E-state index is 13.5. The molecule has 0 amide bonds. The minimum Gasteiger partial charge on any atom is -0.388 e. The molecule has 13 rings (SSSR count). The van der Waals surface area contributed by atoms with Gasteiger partial charge in [-0.1, -0.05) is 51.9 Å². The Bertz CT molecular complexity index is 4310. The molecule has 2 aliphatic heterocycles. The zero-order chi connectivity index (χ0) is 58.3. The second-order valence-electron chi connectivity index (χ2n) is 20.7. The zero-order valence-electron chi connectivity index (χ0n) is 46.3. The molecule has 11 heterocycles. The molecule has 3 N–H and O–H groups in total. The Hall–Kier alpha value is -6.61. The fraction of sp³-hybridized carbons (Fsp3) is 0.300. The molecule has 0 saturated carbocycles. The van der Waals surface area contributed by atoms with E-state index in [1.807, 2.05) is 89.6 Å². The van der Waals surface area contributed by atoms with Crippen LogP contribution in [0.2, 0.25) is 0 Å². The van der Waals surface area contributed by atoms with Crippen LogP contribution < -0.4 is 0 Å². The number of halogens is 1.